The van der Waals surface area contributed by atoms with Gasteiger partial charge in [0.25, 0.3) is 0 Å². The smallest absolute Gasteiger partial charge is 0.410 e. The lowest BCUT2D eigenvalue weighted by molar-refractivity contribution is -0.00640. The van der Waals surface area contributed by atoms with Crippen LogP contribution in [0, 0.1) is 3.57 Å². The molecule has 0 aliphatic carbocycles. The molecule has 1 fully saturated rings. The average Bonchev–Trinajstić information content (AvgIpc) is 2.65. The number of ether oxygens (including phenoxy) is 1. The fourth-order valence-electron chi connectivity index (χ4n) is 2.97. The van der Waals surface area contributed by atoms with E-state index in [4.69, 9.17) is 4.74 Å². The topological polar surface area (TPSA) is 41.6 Å². The maximum atomic E-state index is 12.1. The number of likely N-dealkylation sites (tertiary alicyclic amines) is 1. The zero-order valence-corrected chi connectivity index (χ0v) is 14.2. The van der Waals surface area contributed by atoms with E-state index in [9.17, 15) is 4.79 Å². The number of nitrogens with zero attached hydrogens (tertiary/aromatic N) is 1. The largest absolute Gasteiger partial charge is 0.444 e. The highest BCUT2D eigenvalue weighted by molar-refractivity contribution is 14.1. The van der Waals surface area contributed by atoms with Crippen LogP contribution in [0.2, 0.25) is 0 Å². The van der Waals surface area contributed by atoms with Gasteiger partial charge in [-0.15, -0.1) is 0 Å². The minimum atomic E-state index is -0.430. The van der Waals surface area contributed by atoms with Crippen molar-refractivity contribution in [2.24, 2.45) is 0 Å². The molecule has 1 aromatic rings. The molecule has 4 nitrogen and oxygen atoms in total. The van der Waals surface area contributed by atoms with Crippen LogP contribution in [0.5, 0.6) is 0 Å². The second-order valence-electron chi connectivity index (χ2n) is 6.63. The molecule has 2 aliphatic heterocycles. The number of fused-ring (bicyclic) bond motifs is 2. The van der Waals surface area contributed by atoms with E-state index < -0.39 is 5.60 Å². The first-order chi connectivity index (χ1) is 9.31. The Morgan fingerprint density at radius 1 is 1.40 bits per heavy atom. The molecule has 20 heavy (non-hydrogen) atoms. The Hall–Kier alpha value is -0.980. The number of nitrogens with one attached hydrogen (secondary N) is 1. The summed E-state index contributed by atoms with van der Waals surface area (Å²) >= 11 is 2.38. The van der Waals surface area contributed by atoms with Crippen LogP contribution in [-0.4, -0.2) is 36.2 Å². The van der Waals surface area contributed by atoms with Gasteiger partial charge in [-0.25, -0.2) is 4.79 Å². The van der Waals surface area contributed by atoms with Crippen LogP contribution >= 0.6 is 22.6 Å². The van der Waals surface area contributed by atoms with E-state index in [-0.39, 0.29) is 11.5 Å². The van der Waals surface area contributed by atoms with Gasteiger partial charge in [0.1, 0.15) is 5.60 Å². The normalized spacial score (nSPS) is 19.3. The fraction of sp³-hybridized carbons (Fsp3) is 0.533. The lowest BCUT2D eigenvalue weighted by atomic mass is 9.75. The van der Waals surface area contributed by atoms with Crippen molar-refractivity contribution < 1.29 is 9.53 Å². The third-order valence-corrected chi connectivity index (χ3v) is 4.70. The van der Waals surface area contributed by atoms with E-state index in [0.717, 1.165) is 19.6 Å². The predicted octanol–water partition coefficient (Wildman–Crippen LogP) is 3.21. The molecule has 2 aliphatic rings. The van der Waals surface area contributed by atoms with Gasteiger partial charge in [-0.2, -0.15) is 0 Å². The lowest BCUT2D eigenvalue weighted by Gasteiger charge is -2.48. The average molecular weight is 386 g/mol. The highest BCUT2D eigenvalue weighted by Crippen LogP contribution is 2.45. The number of carbonyl (C=O) groups excluding carboxylic acids is 1. The minimum absolute atomic E-state index is 0.0734. The van der Waals surface area contributed by atoms with E-state index >= 15 is 0 Å². The highest BCUT2D eigenvalue weighted by Gasteiger charge is 2.52. The van der Waals surface area contributed by atoms with Crippen LogP contribution in [-0.2, 0) is 10.2 Å². The van der Waals surface area contributed by atoms with E-state index in [1.165, 1.54) is 14.8 Å². The Labute approximate surface area is 133 Å². The molecule has 2 heterocycles. The summed E-state index contributed by atoms with van der Waals surface area (Å²) in [5.41, 5.74) is 2.21. The summed E-state index contributed by atoms with van der Waals surface area (Å²) in [6.45, 7) is 8.08. The molecule has 0 bridgehead atoms. The maximum absolute atomic E-state index is 12.1. The number of hydrogen-bond donors (Lipinski definition) is 1. The van der Waals surface area contributed by atoms with Crippen LogP contribution < -0.4 is 5.32 Å². The summed E-state index contributed by atoms with van der Waals surface area (Å²) in [6.07, 6.45) is -0.206. The second-order valence-corrected chi connectivity index (χ2v) is 7.79. The number of benzene rings is 1. The van der Waals surface area contributed by atoms with Crippen molar-refractivity contribution in [1.82, 2.24) is 4.90 Å². The van der Waals surface area contributed by atoms with Gasteiger partial charge in [0.05, 0.1) is 5.41 Å². The van der Waals surface area contributed by atoms with E-state index in [1.807, 2.05) is 20.8 Å². The predicted molar refractivity (Wildman–Crippen MR) is 87.1 cm³/mol. The number of hydrogen-bond acceptors (Lipinski definition) is 3. The standard InChI is InChI=1S/C15H19IN2O2/c1-14(2,3)20-13(19)18-8-15(9-18)7-17-11-6-4-5-10(16)12(11)15/h4-6,17H,7-9H2,1-3H3. The summed E-state index contributed by atoms with van der Waals surface area (Å²) in [7, 11) is 0. The highest BCUT2D eigenvalue weighted by atomic mass is 127. The molecule has 3 rings (SSSR count). The second kappa shape index (κ2) is 4.51. The Balaban J connectivity index is 1.74. The Morgan fingerprint density at radius 3 is 2.75 bits per heavy atom. The number of rotatable bonds is 0. The third kappa shape index (κ3) is 2.25. The van der Waals surface area contributed by atoms with Gasteiger partial charge in [-0.3, -0.25) is 0 Å². The lowest BCUT2D eigenvalue weighted by Crippen LogP contribution is -2.63. The van der Waals surface area contributed by atoms with E-state index in [2.05, 4.69) is 46.1 Å². The molecule has 1 aromatic carbocycles. The molecule has 108 valence electrons. The van der Waals surface area contributed by atoms with Crippen molar-refractivity contribution >= 4 is 34.4 Å². The molecular weight excluding hydrogens is 367 g/mol. The minimum Gasteiger partial charge on any atom is -0.444 e. The van der Waals surface area contributed by atoms with E-state index in [1.54, 1.807) is 4.90 Å². The quantitative estimate of drug-likeness (QED) is 0.697. The zero-order valence-electron chi connectivity index (χ0n) is 12.0. The molecule has 1 N–H and O–H groups in total. The number of anilines is 1. The molecule has 5 heteroatoms. The van der Waals surface area contributed by atoms with Crippen molar-refractivity contribution in [1.29, 1.82) is 0 Å². The van der Waals surface area contributed by atoms with Crippen molar-refractivity contribution in [3.05, 3.63) is 27.3 Å². The summed E-state index contributed by atoms with van der Waals surface area (Å²) < 4.78 is 6.70. The van der Waals surface area contributed by atoms with Crippen LogP contribution in [0.3, 0.4) is 0 Å². The van der Waals surface area contributed by atoms with Crippen LogP contribution in [0.1, 0.15) is 26.3 Å². The molecule has 0 saturated carbocycles. The van der Waals surface area contributed by atoms with Gasteiger partial charge in [-0.1, -0.05) is 6.07 Å². The molecule has 1 amide bonds. The maximum Gasteiger partial charge on any atom is 0.410 e. The summed E-state index contributed by atoms with van der Waals surface area (Å²) in [4.78, 5) is 13.9. The van der Waals surface area contributed by atoms with Crippen LogP contribution in [0.15, 0.2) is 18.2 Å². The van der Waals surface area contributed by atoms with Crippen LogP contribution in [0.25, 0.3) is 0 Å². The summed E-state index contributed by atoms with van der Waals surface area (Å²) in [5.74, 6) is 0. The molecule has 0 unspecified atom stereocenters. The Bertz CT molecular complexity index is 559. The Morgan fingerprint density at radius 2 is 2.10 bits per heavy atom. The van der Waals surface area contributed by atoms with Crippen LogP contribution in [0.4, 0.5) is 10.5 Å². The first-order valence-corrected chi connectivity index (χ1v) is 7.89. The van der Waals surface area contributed by atoms with Crippen molar-refractivity contribution in [2.45, 2.75) is 31.8 Å². The number of carbonyl (C=O) groups is 1. The molecule has 0 aromatic heterocycles. The van der Waals surface area contributed by atoms with Gasteiger partial charge in [0.15, 0.2) is 0 Å². The molecule has 1 spiro atoms. The van der Waals surface area contributed by atoms with Crippen molar-refractivity contribution in [2.75, 3.05) is 25.0 Å². The first-order valence-electron chi connectivity index (χ1n) is 6.82. The first kappa shape index (κ1) is 14.0. The zero-order chi connectivity index (χ0) is 14.5. The SMILES string of the molecule is CC(C)(C)OC(=O)N1CC2(CNc3cccc(I)c32)C1. The van der Waals surface area contributed by atoms with Gasteiger partial charge in [0.2, 0.25) is 0 Å². The summed E-state index contributed by atoms with van der Waals surface area (Å²) in [5, 5.41) is 3.46. The van der Waals surface area contributed by atoms with Gasteiger partial charge in [0, 0.05) is 34.5 Å². The van der Waals surface area contributed by atoms with Crippen molar-refractivity contribution in [3.8, 4) is 0 Å². The van der Waals surface area contributed by atoms with Gasteiger partial charge in [-0.05, 0) is 55.5 Å². The molecule has 0 radical (unpaired) electrons. The van der Waals surface area contributed by atoms with E-state index in [0.29, 0.717) is 0 Å². The summed E-state index contributed by atoms with van der Waals surface area (Å²) in [6, 6.07) is 6.31. The number of halogens is 1. The van der Waals surface area contributed by atoms with Crippen molar-refractivity contribution in [3.63, 3.8) is 0 Å². The third-order valence-electron chi connectivity index (χ3n) is 3.80. The molecule has 0 atom stereocenters. The van der Waals surface area contributed by atoms with Gasteiger partial charge < -0.3 is 15.0 Å². The van der Waals surface area contributed by atoms with Gasteiger partial charge >= 0.3 is 6.09 Å². The Kier molecular flexibility index (Phi) is 3.15. The molecular formula is C15H19IN2O2. The molecule has 1 saturated heterocycles. The monoisotopic (exact) mass is 386 g/mol. The number of amides is 1. The fourth-order valence-corrected chi connectivity index (χ4v) is 4.04.